The summed E-state index contributed by atoms with van der Waals surface area (Å²) in [6.07, 6.45) is 1.75. The number of carbonyl (C=O) groups excluding carboxylic acids is 1. The fraction of sp³-hybridized carbons (Fsp3) is 0.429. The van der Waals surface area contributed by atoms with Gasteiger partial charge in [0.2, 0.25) is 0 Å². The molecule has 1 aliphatic rings. The molecule has 1 fully saturated rings. The van der Waals surface area contributed by atoms with E-state index in [0.29, 0.717) is 13.1 Å². The molecule has 2 rings (SSSR count). The molecule has 0 bridgehead atoms. The number of thiazole rings is 1. The van der Waals surface area contributed by atoms with Crippen LogP contribution in [-0.4, -0.2) is 24.0 Å². The van der Waals surface area contributed by atoms with Crippen LogP contribution in [0.2, 0.25) is 0 Å². The van der Waals surface area contributed by atoms with Crippen molar-refractivity contribution in [3.8, 4) is 0 Å². The maximum Gasteiger partial charge on any atom is 1.00 e. The van der Waals surface area contributed by atoms with Gasteiger partial charge in [0.25, 0.3) is 0 Å². The zero-order valence-electron chi connectivity index (χ0n) is 7.27. The molecule has 0 aliphatic carbocycles. The average Bonchev–Trinajstić information content (AvgIpc) is 2.34. The van der Waals surface area contributed by atoms with Crippen molar-refractivity contribution in [3.63, 3.8) is 0 Å². The molecule has 13 heavy (non-hydrogen) atoms. The van der Waals surface area contributed by atoms with Gasteiger partial charge in [-0.3, -0.25) is 4.98 Å². The third kappa shape index (κ3) is 2.05. The number of carboxylic acid groups (broad SMARTS) is 1. The number of carbonyl (C=O) groups is 1. The minimum absolute atomic E-state index is 0. The molecule has 0 spiro atoms. The largest absolute Gasteiger partial charge is 1.00 e. The molecule has 0 atom stereocenters. The Balaban J connectivity index is 0.000000845. The summed E-state index contributed by atoms with van der Waals surface area (Å²) >= 11 is 1.52. The molecule has 0 aromatic carbocycles. The van der Waals surface area contributed by atoms with E-state index in [9.17, 15) is 9.90 Å². The molecule has 0 saturated carbocycles. The second kappa shape index (κ2) is 4.14. The van der Waals surface area contributed by atoms with Crippen molar-refractivity contribution in [2.45, 2.75) is 0 Å². The number of nitrogens with zero attached hydrogens (tertiary/aromatic N) is 2. The summed E-state index contributed by atoms with van der Waals surface area (Å²) < 4.78 is 0. The van der Waals surface area contributed by atoms with Gasteiger partial charge in [-0.15, -0.1) is 11.3 Å². The maximum atomic E-state index is 10.3. The van der Waals surface area contributed by atoms with Crippen molar-refractivity contribution in [1.82, 2.24) is 4.98 Å². The van der Waals surface area contributed by atoms with Gasteiger partial charge in [-0.1, -0.05) is 0 Å². The molecule has 2 heterocycles. The second-order valence-electron chi connectivity index (χ2n) is 2.76. The minimum Gasteiger partial charge on any atom is -0.550 e. The van der Waals surface area contributed by atoms with Crippen molar-refractivity contribution >= 4 is 22.3 Å². The van der Waals surface area contributed by atoms with E-state index < -0.39 is 5.97 Å². The van der Waals surface area contributed by atoms with Gasteiger partial charge in [-0.25, -0.2) is 0 Å². The molecule has 0 unspecified atom stereocenters. The zero-order valence-corrected chi connectivity index (χ0v) is 8.08. The molecule has 6 heteroatoms. The smallest absolute Gasteiger partial charge is 0.550 e. The van der Waals surface area contributed by atoms with Crippen LogP contribution in [0.15, 0.2) is 11.7 Å². The summed E-state index contributed by atoms with van der Waals surface area (Å²) in [5.74, 6) is -1.25. The summed E-state index contributed by atoms with van der Waals surface area (Å²) in [5.41, 5.74) is 1.74. The topological polar surface area (TPSA) is 56.3 Å². The monoisotopic (exact) mass is 190 g/mol. The van der Waals surface area contributed by atoms with Crippen LogP contribution in [0.25, 0.3) is 0 Å². The number of hydrogen-bond donors (Lipinski definition) is 0. The predicted octanol–water partition coefficient (Wildman–Crippen LogP) is -3.67. The Morgan fingerprint density at radius 2 is 2.38 bits per heavy atom. The first-order chi connectivity index (χ1) is 5.77. The van der Waals surface area contributed by atoms with Gasteiger partial charge in [0.1, 0.15) is 5.00 Å². The Labute approximate surface area is 91.8 Å². The predicted molar refractivity (Wildman–Crippen MR) is 42.8 cm³/mol. The van der Waals surface area contributed by atoms with Gasteiger partial charge in [-0.05, 0) is 0 Å². The summed E-state index contributed by atoms with van der Waals surface area (Å²) in [6, 6.07) is 0. The third-order valence-electron chi connectivity index (χ3n) is 1.95. The first-order valence-electron chi connectivity index (χ1n) is 3.61. The summed E-state index contributed by atoms with van der Waals surface area (Å²) in [7, 11) is 0. The second-order valence-corrected chi connectivity index (χ2v) is 3.63. The molecule has 1 aromatic rings. The Morgan fingerprint density at radius 1 is 1.69 bits per heavy atom. The maximum absolute atomic E-state index is 10.3. The van der Waals surface area contributed by atoms with Crippen molar-refractivity contribution in [3.05, 3.63) is 11.7 Å². The fourth-order valence-corrected chi connectivity index (χ4v) is 1.82. The molecule has 1 aromatic heterocycles. The van der Waals surface area contributed by atoms with Crippen LogP contribution in [0.3, 0.4) is 0 Å². The Bertz CT molecular complexity index is 285. The molecular weight excluding hydrogens is 183 g/mol. The molecule has 0 amide bonds. The van der Waals surface area contributed by atoms with Gasteiger partial charge < -0.3 is 14.8 Å². The van der Waals surface area contributed by atoms with E-state index in [1.54, 1.807) is 11.7 Å². The number of rotatable bonds is 2. The molecular formula is C7H7LiN2O2S. The first kappa shape index (κ1) is 10.6. The third-order valence-corrected chi connectivity index (χ3v) is 2.78. The van der Waals surface area contributed by atoms with E-state index in [-0.39, 0.29) is 24.8 Å². The van der Waals surface area contributed by atoms with E-state index in [2.05, 4.69) is 4.98 Å². The normalized spacial score (nSPS) is 16.2. The van der Waals surface area contributed by atoms with Gasteiger partial charge in [-0.2, -0.15) is 0 Å². The van der Waals surface area contributed by atoms with E-state index in [0.717, 1.165) is 5.00 Å². The number of carboxylic acids is 1. The Hall–Kier alpha value is -0.503. The van der Waals surface area contributed by atoms with Crippen molar-refractivity contribution in [1.29, 1.82) is 0 Å². The average molecular weight is 190 g/mol. The summed E-state index contributed by atoms with van der Waals surface area (Å²) in [5, 5.41) is 11.4. The van der Waals surface area contributed by atoms with Crippen LogP contribution in [0.1, 0.15) is 0 Å². The number of aliphatic carboxylic acids is 1. The molecule has 0 radical (unpaired) electrons. The van der Waals surface area contributed by atoms with Crippen LogP contribution in [-0.2, 0) is 4.79 Å². The van der Waals surface area contributed by atoms with E-state index in [1.807, 2.05) is 4.90 Å². The van der Waals surface area contributed by atoms with Gasteiger partial charge in [0.05, 0.1) is 11.7 Å². The quantitative estimate of drug-likeness (QED) is 0.451. The Kier molecular flexibility index (Phi) is 3.37. The van der Waals surface area contributed by atoms with E-state index in [4.69, 9.17) is 0 Å². The van der Waals surface area contributed by atoms with Crippen molar-refractivity contribution < 1.29 is 28.8 Å². The molecule has 4 nitrogen and oxygen atoms in total. The van der Waals surface area contributed by atoms with Gasteiger partial charge >= 0.3 is 18.9 Å². The van der Waals surface area contributed by atoms with E-state index in [1.165, 1.54) is 11.3 Å². The SMILES string of the molecule is O=C([O-])C1CN(c2cncs2)C1.[Li+]. The first-order valence-corrected chi connectivity index (χ1v) is 4.49. The summed E-state index contributed by atoms with van der Waals surface area (Å²) in [4.78, 5) is 16.2. The standard InChI is InChI=1S/C7H8N2O2S.Li/c10-7(11)5-2-9(3-5)6-1-8-4-12-6;/h1,4-5H,2-3H2,(H,10,11);/q;+1/p-1. The molecule has 1 aliphatic heterocycles. The van der Waals surface area contributed by atoms with Crippen LogP contribution in [0.5, 0.6) is 0 Å². The molecule has 0 N–H and O–H groups in total. The Morgan fingerprint density at radius 3 is 2.85 bits per heavy atom. The van der Waals surface area contributed by atoms with Crippen molar-refractivity contribution in [2.75, 3.05) is 18.0 Å². The number of hydrogen-bond acceptors (Lipinski definition) is 5. The van der Waals surface area contributed by atoms with Crippen LogP contribution in [0, 0.1) is 5.92 Å². The van der Waals surface area contributed by atoms with Crippen LogP contribution >= 0.6 is 11.3 Å². The number of anilines is 1. The minimum atomic E-state index is -0.948. The van der Waals surface area contributed by atoms with Crippen molar-refractivity contribution in [2.24, 2.45) is 5.92 Å². The molecule has 1 saturated heterocycles. The van der Waals surface area contributed by atoms with Gasteiger partial charge in [0, 0.05) is 25.0 Å². The van der Waals surface area contributed by atoms with E-state index >= 15 is 0 Å². The zero-order chi connectivity index (χ0) is 8.55. The van der Waals surface area contributed by atoms with Crippen LogP contribution in [0.4, 0.5) is 5.00 Å². The van der Waals surface area contributed by atoms with Gasteiger partial charge in [0.15, 0.2) is 0 Å². The molecule has 64 valence electrons. The fourth-order valence-electron chi connectivity index (χ4n) is 1.17. The number of aromatic nitrogens is 1. The van der Waals surface area contributed by atoms with Crippen LogP contribution < -0.4 is 28.9 Å². The summed E-state index contributed by atoms with van der Waals surface area (Å²) in [6.45, 7) is 1.12.